The molecule has 2 rings (SSSR count). The second-order valence-corrected chi connectivity index (χ2v) is 3.00. The van der Waals surface area contributed by atoms with Gasteiger partial charge in [0.1, 0.15) is 0 Å². The zero-order valence-electron chi connectivity index (χ0n) is 7.64. The fourth-order valence-corrected chi connectivity index (χ4v) is 1.27. The maximum absolute atomic E-state index is 8.88. The van der Waals surface area contributed by atoms with E-state index in [0.717, 1.165) is 16.8 Å². The van der Waals surface area contributed by atoms with E-state index in [2.05, 4.69) is 11.1 Å². The monoisotopic (exact) mass is 184 g/mol. The topological polar surface area (TPSA) is 33.1 Å². The SMILES string of the molecule is OCc1ccc(-c2cc[c]cn2)cc1. The highest BCUT2D eigenvalue weighted by Crippen LogP contribution is 2.16. The summed E-state index contributed by atoms with van der Waals surface area (Å²) in [7, 11) is 0. The molecular weight excluding hydrogens is 174 g/mol. The summed E-state index contributed by atoms with van der Waals surface area (Å²) in [6.45, 7) is 0.0796. The number of aliphatic hydroxyl groups is 1. The van der Waals surface area contributed by atoms with E-state index in [1.165, 1.54) is 0 Å². The molecule has 1 aromatic carbocycles. The van der Waals surface area contributed by atoms with E-state index < -0.39 is 0 Å². The molecule has 1 radical (unpaired) electrons. The number of aromatic nitrogens is 1. The first-order valence-electron chi connectivity index (χ1n) is 4.42. The molecule has 0 aliphatic rings. The molecule has 2 heteroatoms. The van der Waals surface area contributed by atoms with Gasteiger partial charge in [-0.1, -0.05) is 30.3 Å². The van der Waals surface area contributed by atoms with E-state index in [0.29, 0.717) is 0 Å². The van der Waals surface area contributed by atoms with Gasteiger partial charge in [0.15, 0.2) is 0 Å². The van der Waals surface area contributed by atoms with Crippen LogP contribution >= 0.6 is 0 Å². The molecule has 0 spiro atoms. The van der Waals surface area contributed by atoms with Crippen molar-refractivity contribution in [2.75, 3.05) is 0 Å². The second kappa shape index (κ2) is 4.03. The summed E-state index contributed by atoms with van der Waals surface area (Å²) in [4.78, 5) is 4.19. The van der Waals surface area contributed by atoms with Crippen molar-refractivity contribution in [2.24, 2.45) is 0 Å². The number of benzene rings is 1. The van der Waals surface area contributed by atoms with E-state index in [1.54, 1.807) is 6.20 Å². The van der Waals surface area contributed by atoms with E-state index in [1.807, 2.05) is 36.4 Å². The van der Waals surface area contributed by atoms with Crippen molar-refractivity contribution in [3.8, 4) is 11.3 Å². The van der Waals surface area contributed by atoms with Crippen LogP contribution in [0.2, 0.25) is 0 Å². The lowest BCUT2D eigenvalue weighted by Crippen LogP contribution is -1.84. The third kappa shape index (κ3) is 1.80. The second-order valence-electron chi connectivity index (χ2n) is 3.00. The third-order valence-electron chi connectivity index (χ3n) is 2.05. The summed E-state index contributed by atoms with van der Waals surface area (Å²) < 4.78 is 0. The maximum Gasteiger partial charge on any atom is 0.0702 e. The van der Waals surface area contributed by atoms with Gasteiger partial charge in [0.05, 0.1) is 12.3 Å². The molecule has 0 bridgehead atoms. The van der Waals surface area contributed by atoms with Crippen LogP contribution in [0.25, 0.3) is 11.3 Å². The van der Waals surface area contributed by atoms with Gasteiger partial charge >= 0.3 is 0 Å². The van der Waals surface area contributed by atoms with Gasteiger partial charge in [0.25, 0.3) is 0 Å². The molecule has 2 nitrogen and oxygen atoms in total. The van der Waals surface area contributed by atoms with Gasteiger partial charge in [-0.2, -0.15) is 0 Å². The molecule has 0 fully saturated rings. The van der Waals surface area contributed by atoms with E-state index in [4.69, 9.17) is 5.11 Å². The molecule has 2 aromatic rings. The van der Waals surface area contributed by atoms with Gasteiger partial charge in [-0.15, -0.1) is 0 Å². The van der Waals surface area contributed by atoms with Gasteiger partial charge in [-0.25, -0.2) is 0 Å². The maximum atomic E-state index is 8.88. The van der Waals surface area contributed by atoms with Crippen LogP contribution in [-0.2, 0) is 6.61 Å². The van der Waals surface area contributed by atoms with E-state index in [9.17, 15) is 0 Å². The highest BCUT2D eigenvalue weighted by atomic mass is 16.3. The van der Waals surface area contributed by atoms with Crippen LogP contribution in [0.5, 0.6) is 0 Å². The summed E-state index contributed by atoms with van der Waals surface area (Å²) in [5, 5.41) is 8.88. The van der Waals surface area contributed by atoms with Crippen molar-refractivity contribution in [3.05, 3.63) is 54.2 Å². The van der Waals surface area contributed by atoms with Crippen LogP contribution < -0.4 is 0 Å². The molecule has 0 saturated heterocycles. The number of aliphatic hydroxyl groups excluding tert-OH is 1. The zero-order chi connectivity index (χ0) is 9.80. The Bertz CT molecular complexity index is 394. The first kappa shape index (κ1) is 8.91. The summed E-state index contributed by atoms with van der Waals surface area (Å²) >= 11 is 0. The van der Waals surface area contributed by atoms with Crippen LogP contribution in [0.3, 0.4) is 0 Å². The van der Waals surface area contributed by atoms with Gasteiger partial charge in [0, 0.05) is 17.8 Å². The van der Waals surface area contributed by atoms with Gasteiger partial charge < -0.3 is 5.11 Å². The number of nitrogens with zero attached hydrogens (tertiary/aromatic N) is 1. The van der Waals surface area contributed by atoms with E-state index in [-0.39, 0.29) is 6.61 Å². The van der Waals surface area contributed by atoms with Crippen molar-refractivity contribution in [1.82, 2.24) is 4.98 Å². The molecule has 1 N–H and O–H groups in total. The predicted molar refractivity (Wildman–Crippen MR) is 54.4 cm³/mol. The van der Waals surface area contributed by atoms with Gasteiger partial charge in [0.2, 0.25) is 0 Å². The quantitative estimate of drug-likeness (QED) is 0.774. The Morgan fingerprint density at radius 3 is 2.50 bits per heavy atom. The zero-order valence-corrected chi connectivity index (χ0v) is 7.64. The van der Waals surface area contributed by atoms with Crippen LogP contribution in [-0.4, -0.2) is 10.1 Å². The fraction of sp³-hybridized carbons (Fsp3) is 0.0833. The lowest BCUT2D eigenvalue weighted by Gasteiger charge is -2.00. The highest BCUT2D eigenvalue weighted by molar-refractivity contribution is 5.58. The molecule has 69 valence electrons. The van der Waals surface area contributed by atoms with Crippen molar-refractivity contribution >= 4 is 0 Å². The predicted octanol–water partition coefficient (Wildman–Crippen LogP) is 2.04. The van der Waals surface area contributed by atoms with Crippen LogP contribution in [0.1, 0.15) is 5.56 Å². The minimum Gasteiger partial charge on any atom is -0.392 e. The molecular formula is C12H10NO. The third-order valence-corrected chi connectivity index (χ3v) is 2.05. The number of hydrogen-bond donors (Lipinski definition) is 1. The van der Waals surface area contributed by atoms with Crippen LogP contribution in [0.4, 0.5) is 0 Å². The fourth-order valence-electron chi connectivity index (χ4n) is 1.27. The standard InChI is InChI=1S/C12H10NO/c14-9-10-4-6-11(7-5-10)12-3-1-2-8-13-12/h1,3-8,14H,9H2. The molecule has 1 aromatic heterocycles. The van der Waals surface area contributed by atoms with Crippen LogP contribution in [0.15, 0.2) is 42.6 Å². The number of rotatable bonds is 2. The van der Waals surface area contributed by atoms with Crippen molar-refractivity contribution in [1.29, 1.82) is 0 Å². The lowest BCUT2D eigenvalue weighted by atomic mass is 10.1. The summed E-state index contributed by atoms with van der Waals surface area (Å²) in [6, 6.07) is 14.3. The Morgan fingerprint density at radius 2 is 1.93 bits per heavy atom. The Balaban J connectivity index is 2.34. The molecule has 0 saturated carbocycles. The molecule has 0 amide bonds. The van der Waals surface area contributed by atoms with Crippen molar-refractivity contribution in [2.45, 2.75) is 6.61 Å². The summed E-state index contributed by atoms with van der Waals surface area (Å²) in [6.07, 6.45) is 1.65. The average Bonchev–Trinajstić information content (AvgIpc) is 2.30. The minimum absolute atomic E-state index is 0.0796. The molecule has 0 aliphatic heterocycles. The smallest absolute Gasteiger partial charge is 0.0702 e. The molecule has 0 atom stereocenters. The Hall–Kier alpha value is -1.67. The summed E-state index contributed by atoms with van der Waals surface area (Å²) in [5.41, 5.74) is 2.89. The largest absolute Gasteiger partial charge is 0.392 e. The van der Waals surface area contributed by atoms with Crippen LogP contribution in [0, 0.1) is 6.07 Å². The van der Waals surface area contributed by atoms with E-state index >= 15 is 0 Å². The Kier molecular flexibility index (Phi) is 2.56. The first-order chi connectivity index (χ1) is 6.90. The molecule has 14 heavy (non-hydrogen) atoms. The first-order valence-corrected chi connectivity index (χ1v) is 4.42. The highest BCUT2D eigenvalue weighted by Gasteiger charge is 1.97. The molecule has 1 heterocycles. The number of hydrogen-bond acceptors (Lipinski definition) is 2. The lowest BCUT2D eigenvalue weighted by molar-refractivity contribution is 0.282. The molecule has 0 unspecified atom stereocenters. The van der Waals surface area contributed by atoms with Crippen molar-refractivity contribution < 1.29 is 5.11 Å². The van der Waals surface area contributed by atoms with Crippen molar-refractivity contribution in [3.63, 3.8) is 0 Å². The minimum atomic E-state index is 0.0796. The van der Waals surface area contributed by atoms with Gasteiger partial charge in [-0.05, 0) is 11.6 Å². The Morgan fingerprint density at radius 1 is 1.14 bits per heavy atom. The van der Waals surface area contributed by atoms with Gasteiger partial charge in [-0.3, -0.25) is 4.98 Å². The Labute approximate surface area is 82.9 Å². The number of pyridine rings is 1. The average molecular weight is 184 g/mol. The molecule has 0 aliphatic carbocycles. The summed E-state index contributed by atoms with van der Waals surface area (Å²) in [5.74, 6) is 0. The normalized spacial score (nSPS) is 10.1.